The topological polar surface area (TPSA) is 73.1 Å². The Balaban J connectivity index is 1.46. The standard InChI is InChI=1S/C21H19N5O2S/c1-28-18-5-4-14(11-23-18)21(27)25-9-6-16(12-25)26-19(15-7-10-29-13-15)24-17-3-2-8-22-20(17)26/h2-5,7-8,10-11,13,16H,6,9,12H2,1H3. The maximum Gasteiger partial charge on any atom is 0.255 e. The summed E-state index contributed by atoms with van der Waals surface area (Å²) in [6.45, 7) is 1.30. The van der Waals surface area contributed by atoms with E-state index in [2.05, 4.69) is 26.0 Å². The first-order valence-corrected chi connectivity index (χ1v) is 10.3. The van der Waals surface area contributed by atoms with E-state index in [0.717, 1.165) is 29.0 Å². The van der Waals surface area contributed by atoms with Gasteiger partial charge in [0.1, 0.15) is 11.3 Å². The summed E-state index contributed by atoms with van der Waals surface area (Å²) in [4.78, 5) is 28.4. The Morgan fingerprint density at radius 2 is 2.17 bits per heavy atom. The van der Waals surface area contributed by atoms with Crippen LogP contribution in [0.4, 0.5) is 0 Å². The van der Waals surface area contributed by atoms with Crippen molar-refractivity contribution in [2.45, 2.75) is 12.5 Å². The Kier molecular flexibility index (Phi) is 4.48. The fraction of sp³-hybridized carbons (Fsp3) is 0.238. The molecule has 8 heteroatoms. The van der Waals surface area contributed by atoms with Crippen LogP contribution in [-0.2, 0) is 0 Å². The summed E-state index contributed by atoms with van der Waals surface area (Å²) in [6, 6.07) is 9.55. The molecule has 5 heterocycles. The molecule has 1 aliphatic heterocycles. The minimum absolute atomic E-state index is 0.0166. The van der Waals surface area contributed by atoms with Crippen molar-refractivity contribution in [2.24, 2.45) is 0 Å². The third-order valence-electron chi connectivity index (χ3n) is 5.24. The van der Waals surface area contributed by atoms with Crippen molar-refractivity contribution >= 4 is 28.4 Å². The molecule has 5 rings (SSSR count). The van der Waals surface area contributed by atoms with Crippen molar-refractivity contribution in [3.8, 4) is 17.3 Å². The van der Waals surface area contributed by atoms with Crippen LogP contribution in [0.5, 0.6) is 5.88 Å². The van der Waals surface area contributed by atoms with Crippen molar-refractivity contribution in [2.75, 3.05) is 20.2 Å². The highest BCUT2D eigenvalue weighted by atomic mass is 32.1. The van der Waals surface area contributed by atoms with E-state index in [4.69, 9.17) is 9.72 Å². The number of carbonyl (C=O) groups excluding carboxylic acids is 1. The van der Waals surface area contributed by atoms with Gasteiger partial charge in [0.2, 0.25) is 5.88 Å². The average molecular weight is 405 g/mol. The first-order valence-electron chi connectivity index (χ1n) is 9.39. The van der Waals surface area contributed by atoms with Crippen LogP contribution in [0.3, 0.4) is 0 Å². The average Bonchev–Trinajstić information content (AvgIpc) is 3.52. The Hall–Kier alpha value is -3.26. The third kappa shape index (κ3) is 3.15. The zero-order valence-electron chi connectivity index (χ0n) is 15.9. The summed E-state index contributed by atoms with van der Waals surface area (Å²) in [5.74, 6) is 1.39. The maximum absolute atomic E-state index is 12.9. The van der Waals surface area contributed by atoms with E-state index in [9.17, 15) is 4.79 Å². The van der Waals surface area contributed by atoms with Gasteiger partial charge in [-0.2, -0.15) is 11.3 Å². The van der Waals surface area contributed by atoms with Gasteiger partial charge in [0.25, 0.3) is 5.91 Å². The van der Waals surface area contributed by atoms with Crippen LogP contribution < -0.4 is 4.74 Å². The largest absolute Gasteiger partial charge is 0.481 e. The van der Waals surface area contributed by atoms with E-state index < -0.39 is 0 Å². The van der Waals surface area contributed by atoms with E-state index >= 15 is 0 Å². The molecule has 1 aliphatic rings. The molecule has 29 heavy (non-hydrogen) atoms. The number of ether oxygens (including phenoxy) is 1. The van der Waals surface area contributed by atoms with Crippen molar-refractivity contribution in [1.82, 2.24) is 24.4 Å². The molecule has 0 bridgehead atoms. The van der Waals surface area contributed by atoms with Crippen molar-refractivity contribution in [1.29, 1.82) is 0 Å². The Bertz CT molecular complexity index is 1150. The minimum atomic E-state index is -0.0166. The molecule has 0 saturated carbocycles. The number of nitrogens with zero attached hydrogens (tertiary/aromatic N) is 5. The summed E-state index contributed by atoms with van der Waals surface area (Å²) < 4.78 is 7.27. The lowest BCUT2D eigenvalue weighted by molar-refractivity contribution is 0.0787. The molecule has 1 saturated heterocycles. The predicted molar refractivity (Wildman–Crippen MR) is 111 cm³/mol. The van der Waals surface area contributed by atoms with Gasteiger partial charge < -0.3 is 14.2 Å². The minimum Gasteiger partial charge on any atom is -0.481 e. The van der Waals surface area contributed by atoms with Crippen molar-refractivity contribution in [3.05, 3.63) is 59.0 Å². The second-order valence-electron chi connectivity index (χ2n) is 6.95. The molecular weight excluding hydrogens is 386 g/mol. The van der Waals surface area contributed by atoms with E-state index in [-0.39, 0.29) is 11.9 Å². The Labute approximate surface area is 171 Å². The summed E-state index contributed by atoms with van der Waals surface area (Å²) in [5, 5.41) is 4.15. The van der Waals surface area contributed by atoms with Gasteiger partial charge in [0.05, 0.1) is 18.7 Å². The molecule has 7 nitrogen and oxygen atoms in total. The van der Waals surface area contributed by atoms with Crippen LogP contribution in [0.25, 0.3) is 22.6 Å². The van der Waals surface area contributed by atoms with Gasteiger partial charge in [-0.1, -0.05) is 0 Å². The molecule has 0 spiro atoms. The number of carbonyl (C=O) groups is 1. The number of thiophene rings is 1. The van der Waals surface area contributed by atoms with Crippen LogP contribution in [-0.4, -0.2) is 50.5 Å². The smallest absolute Gasteiger partial charge is 0.255 e. The molecule has 1 unspecified atom stereocenters. The highest BCUT2D eigenvalue weighted by Crippen LogP contribution is 2.33. The van der Waals surface area contributed by atoms with Gasteiger partial charge in [0.15, 0.2) is 5.65 Å². The van der Waals surface area contributed by atoms with Gasteiger partial charge in [0, 0.05) is 42.5 Å². The van der Waals surface area contributed by atoms with Crippen molar-refractivity contribution in [3.63, 3.8) is 0 Å². The van der Waals surface area contributed by atoms with Crippen LogP contribution in [0, 0.1) is 0 Å². The van der Waals surface area contributed by atoms with E-state index in [1.807, 2.05) is 22.4 Å². The Morgan fingerprint density at radius 3 is 2.93 bits per heavy atom. The van der Waals surface area contributed by atoms with Gasteiger partial charge in [-0.25, -0.2) is 15.0 Å². The van der Waals surface area contributed by atoms with E-state index in [0.29, 0.717) is 24.5 Å². The molecule has 146 valence electrons. The highest BCUT2D eigenvalue weighted by Gasteiger charge is 2.31. The molecule has 1 atom stereocenters. The summed E-state index contributed by atoms with van der Waals surface area (Å²) in [7, 11) is 1.56. The molecule has 4 aromatic heterocycles. The zero-order valence-corrected chi connectivity index (χ0v) is 16.7. The third-order valence-corrected chi connectivity index (χ3v) is 5.92. The Morgan fingerprint density at radius 1 is 1.24 bits per heavy atom. The first-order chi connectivity index (χ1) is 14.2. The zero-order chi connectivity index (χ0) is 19.8. The molecule has 0 aliphatic carbocycles. The summed E-state index contributed by atoms with van der Waals surface area (Å²) in [6.07, 6.45) is 4.22. The molecular formula is C21H19N5O2S. The number of amides is 1. The lowest BCUT2D eigenvalue weighted by Crippen LogP contribution is -2.29. The molecule has 0 radical (unpaired) electrons. The molecule has 0 aromatic carbocycles. The van der Waals surface area contributed by atoms with E-state index in [1.165, 1.54) is 0 Å². The number of hydrogen-bond acceptors (Lipinski definition) is 6. The van der Waals surface area contributed by atoms with Gasteiger partial charge >= 0.3 is 0 Å². The lowest BCUT2D eigenvalue weighted by atomic mass is 10.2. The van der Waals surface area contributed by atoms with Crippen LogP contribution >= 0.6 is 11.3 Å². The number of pyridine rings is 2. The molecule has 1 fully saturated rings. The number of aromatic nitrogens is 4. The van der Waals surface area contributed by atoms with Crippen LogP contribution in [0.2, 0.25) is 0 Å². The normalized spacial score (nSPS) is 16.4. The molecule has 1 amide bonds. The second kappa shape index (κ2) is 7.29. The fourth-order valence-electron chi connectivity index (χ4n) is 3.82. The summed E-state index contributed by atoms with van der Waals surface area (Å²) >= 11 is 1.65. The fourth-order valence-corrected chi connectivity index (χ4v) is 4.45. The molecule has 4 aromatic rings. The lowest BCUT2D eigenvalue weighted by Gasteiger charge is -2.18. The van der Waals surface area contributed by atoms with Crippen molar-refractivity contribution < 1.29 is 9.53 Å². The maximum atomic E-state index is 12.9. The quantitative estimate of drug-likeness (QED) is 0.518. The number of methoxy groups -OCH3 is 1. The number of imidazole rings is 1. The highest BCUT2D eigenvalue weighted by molar-refractivity contribution is 7.08. The van der Waals surface area contributed by atoms with E-state index in [1.54, 1.807) is 43.0 Å². The van der Waals surface area contributed by atoms with Gasteiger partial charge in [-0.3, -0.25) is 4.79 Å². The van der Waals surface area contributed by atoms with Crippen LogP contribution in [0.1, 0.15) is 22.8 Å². The number of hydrogen-bond donors (Lipinski definition) is 0. The number of fused-ring (bicyclic) bond motifs is 1. The van der Waals surface area contributed by atoms with Gasteiger partial charge in [-0.05, 0) is 36.1 Å². The molecule has 0 N–H and O–H groups in total. The first kappa shape index (κ1) is 17.8. The number of likely N-dealkylation sites (tertiary alicyclic amines) is 1. The second-order valence-corrected chi connectivity index (χ2v) is 7.73. The monoisotopic (exact) mass is 405 g/mol. The van der Waals surface area contributed by atoms with Gasteiger partial charge in [-0.15, -0.1) is 0 Å². The van der Waals surface area contributed by atoms with Crippen LogP contribution in [0.15, 0.2) is 53.5 Å². The number of rotatable bonds is 4. The SMILES string of the molecule is COc1ccc(C(=O)N2CCC(n3c(-c4ccsc4)nc4cccnc43)C2)cn1. The summed E-state index contributed by atoms with van der Waals surface area (Å²) in [5.41, 5.74) is 3.38. The predicted octanol–water partition coefficient (Wildman–Crippen LogP) is 3.65.